The van der Waals surface area contributed by atoms with E-state index in [0.717, 1.165) is 11.3 Å². The van der Waals surface area contributed by atoms with Crippen LogP contribution in [0.1, 0.15) is 38.8 Å². The van der Waals surface area contributed by atoms with Crippen LogP contribution in [-0.2, 0) is 0 Å². The summed E-state index contributed by atoms with van der Waals surface area (Å²) < 4.78 is 5.53. The highest BCUT2D eigenvalue weighted by atomic mass is 16.5. The number of carbonyl (C=O) groups excluding carboxylic acids is 1. The number of aliphatic hydroxyl groups excluding tert-OH is 1. The third-order valence-corrected chi connectivity index (χ3v) is 3.58. The van der Waals surface area contributed by atoms with Crippen LogP contribution < -0.4 is 15.4 Å². The van der Waals surface area contributed by atoms with Crippen molar-refractivity contribution < 1.29 is 14.6 Å². The van der Waals surface area contributed by atoms with E-state index in [1.165, 1.54) is 0 Å². The molecule has 0 spiro atoms. The van der Waals surface area contributed by atoms with Gasteiger partial charge in [-0.05, 0) is 24.8 Å². The third-order valence-electron chi connectivity index (χ3n) is 3.58. The largest absolute Gasteiger partial charge is 0.491 e. The van der Waals surface area contributed by atoms with E-state index in [4.69, 9.17) is 4.74 Å². The average molecular weight is 292 g/mol. The van der Waals surface area contributed by atoms with Gasteiger partial charge in [0.15, 0.2) is 0 Å². The van der Waals surface area contributed by atoms with E-state index < -0.39 is 0 Å². The number of fused-ring (bicyclic) bond motifs is 1. The molecule has 0 aliphatic carbocycles. The van der Waals surface area contributed by atoms with Crippen LogP contribution >= 0.6 is 0 Å². The van der Waals surface area contributed by atoms with Crippen LogP contribution in [0.5, 0.6) is 5.75 Å². The van der Waals surface area contributed by atoms with Crippen molar-refractivity contribution in [3.63, 3.8) is 0 Å². The summed E-state index contributed by atoms with van der Waals surface area (Å²) in [7, 11) is 0. The highest BCUT2D eigenvalue weighted by Crippen LogP contribution is 2.31. The fourth-order valence-corrected chi connectivity index (χ4v) is 2.68. The summed E-state index contributed by atoms with van der Waals surface area (Å²) in [6, 6.07) is 7.40. The van der Waals surface area contributed by atoms with Gasteiger partial charge in [0.1, 0.15) is 12.4 Å². The zero-order chi connectivity index (χ0) is 15.5. The first-order valence-electron chi connectivity index (χ1n) is 7.31. The third kappa shape index (κ3) is 4.36. The van der Waals surface area contributed by atoms with Crippen molar-refractivity contribution in [2.45, 2.75) is 39.3 Å². The van der Waals surface area contributed by atoms with E-state index in [-0.39, 0.29) is 23.6 Å². The number of nitrogens with one attached hydrogen (secondary N) is 2. The number of hydrogen-bond acceptors (Lipinski definition) is 3. The minimum atomic E-state index is -0.375. The lowest BCUT2D eigenvalue weighted by molar-refractivity contribution is 0.128. The maximum Gasteiger partial charge on any atom is 0.315 e. The van der Waals surface area contributed by atoms with E-state index in [2.05, 4.69) is 10.6 Å². The lowest BCUT2D eigenvalue weighted by atomic mass is 9.87. The first-order valence-corrected chi connectivity index (χ1v) is 7.31. The van der Waals surface area contributed by atoms with Crippen molar-refractivity contribution in [1.29, 1.82) is 0 Å². The molecule has 0 bridgehead atoms. The molecule has 0 radical (unpaired) electrons. The van der Waals surface area contributed by atoms with Crippen molar-refractivity contribution in [2.24, 2.45) is 5.41 Å². The maximum absolute atomic E-state index is 12.0. The van der Waals surface area contributed by atoms with E-state index in [1.54, 1.807) is 6.92 Å². The Kier molecular flexibility index (Phi) is 4.73. The fourth-order valence-electron chi connectivity index (χ4n) is 2.68. The molecule has 0 unspecified atom stereocenters. The normalized spacial score (nSPS) is 18.6. The number of benzene rings is 1. The number of aliphatic hydroxyl groups is 1. The van der Waals surface area contributed by atoms with Crippen molar-refractivity contribution >= 4 is 6.03 Å². The Balaban J connectivity index is 1.84. The molecular weight excluding hydrogens is 268 g/mol. The van der Waals surface area contributed by atoms with Gasteiger partial charge in [-0.3, -0.25) is 0 Å². The molecule has 0 saturated heterocycles. The molecule has 0 aromatic heterocycles. The molecule has 3 N–H and O–H groups in total. The van der Waals surface area contributed by atoms with Crippen molar-refractivity contribution in [2.75, 3.05) is 13.2 Å². The Hall–Kier alpha value is -1.75. The summed E-state index contributed by atoms with van der Waals surface area (Å²) in [4.78, 5) is 12.0. The lowest BCUT2D eigenvalue weighted by Crippen LogP contribution is -2.43. The Morgan fingerprint density at radius 3 is 2.90 bits per heavy atom. The first-order chi connectivity index (χ1) is 9.87. The SMILES string of the molecule is C[C@@H](O)CC(C)(C)CNC(=O)N[C@H]1COc2ccccc21. The monoisotopic (exact) mass is 292 g/mol. The predicted molar refractivity (Wildman–Crippen MR) is 81.3 cm³/mol. The zero-order valence-electron chi connectivity index (χ0n) is 12.8. The zero-order valence-corrected chi connectivity index (χ0v) is 12.8. The molecule has 1 aromatic carbocycles. The Morgan fingerprint density at radius 1 is 1.48 bits per heavy atom. The number of ether oxygens (including phenoxy) is 1. The van der Waals surface area contributed by atoms with Crippen LogP contribution in [0.4, 0.5) is 4.79 Å². The van der Waals surface area contributed by atoms with Gasteiger partial charge < -0.3 is 20.5 Å². The predicted octanol–water partition coefficient (Wildman–Crippen LogP) is 2.22. The van der Waals surface area contributed by atoms with Gasteiger partial charge in [-0.1, -0.05) is 32.0 Å². The topological polar surface area (TPSA) is 70.6 Å². The van der Waals surface area contributed by atoms with E-state index in [0.29, 0.717) is 19.6 Å². The van der Waals surface area contributed by atoms with Crippen molar-refractivity contribution in [3.05, 3.63) is 29.8 Å². The summed E-state index contributed by atoms with van der Waals surface area (Å²) in [5.74, 6) is 0.831. The molecule has 1 aliphatic heterocycles. The molecule has 1 heterocycles. The number of amides is 2. The smallest absolute Gasteiger partial charge is 0.315 e. The second kappa shape index (κ2) is 6.35. The van der Waals surface area contributed by atoms with Gasteiger partial charge in [-0.15, -0.1) is 0 Å². The van der Waals surface area contributed by atoms with Gasteiger partial charge in [-0.2, -0.15) is 0 Å². The van der Waals surface area contributed by atoms with Gasteiger partial charge in [0.05, 0.1) is 12.1 Å². The standard InChI is InChI=1S/C16H24N2O3/c1-11(19)8-16(2,3)10-17-15(20)18-13-9-21-14-7-5-4-6-12(13)14/h4-7,11,13,19H,8-10H2,1-3H3,(H2,17,18,20)/t11-,13+/m1/s1. The molecule has 0 saturated carbocycles. The van der Waals surface area contributed by atoms with E-state index >= 15 is 0 Å². The summed E-state index contributed by atoms with van der Waals surface area (Å²) in [5, 5.41) is 15.2. The lowest BCUT2D eigenvalue weighted by Gasteiger charge is -2.26. The minimum Gasteiger partial charge on any atom is -0.491 e. The maximum atomic E-state index is 12.0. The quantitative estimate of drug-likeness (QED) is 0.779. The molecule has 1 aromatic rings. The Morgan fingerprint density at radius 2 is 2.19 bits per heavy atom. The Bertz CT molecular complexity index is 500. The number of carbonyl (C=O) groups is 1. The molecule has 116 valence electrons. The summed E-state index contributed by atoms with van der Waals surface area (Å²) in [6.07, 6.45) is 0.266. The molecule has 21 heavy (non-hydrogen) atoms. The number of rotatable bonds is 5. The number of hydrogen-bond donors (Lipinski definition) is 3. The van der Waals surface area contributed by atoms with Gasteiger partial charge in [0.2, 0.25) is 0 Å². The Labute approximate surface area is 125 Å². The molecule has 0 fully saturated rings. The fraction of sp³-hybridized carbons (Fsp3) is 0.562. The van der Waals surface area contributed by atoms with Gasteiger partial charge in [-0.25, -0.2) is 4.79 Å². The highest BCUT2D eigenvalue weighted by molar-refractivity contribution is 5.74. The van der Waals surface area contributed by atoms with Crippen LogP contribution in [0.3, 0.4) is 0 Å². The molecule has 1 aliphatic rings. The molecule has 5 heteroatoms. The van der Waals surface area contributed by atoms with Crippen molar-refractivity contribution in [3.8, 4) is 5.75 Å². The molecule has 2 amide bonds. The molecular formula is C16H24N2O3. The van der Waals surface area contributed by atoms with E-state index in [1.807, 2.05) is 38.1 Å². The second-order valence-corrected chi connectivity index (χ2v) is 6.45. The van der Waals surface area contributed by atoms with Crippen LogP contribution in [0, 0.1) is 5.41 Å². The van der Waals surface area contributed by atoms with Crippen molar-refractivity contribution in [1.82, 2.24) is 10.6 Å². The van der Waals surface area contributed by atoms with Crippen LogP contribution in [0.15, 0.2) is 24.3 Å². The average Bonchev–Trinajstić information content (AvgIpc) is 2.79. The van der Waals surface area contributed by atoms with Gasteiger partial charge in [0.25, 0.3) is 0 Å². The molecule has 2 rings (SSSR count). The van der Waals surface area contributed by atoms with Gasteiger partial charge >= 0.3 is 6.03 Å². The summed E-state index contributed by atoms with van der Waals surface area (Å²) in [6.45, 7) is 6.78. The number of urea groups is 1. The summed E-state index contributed by atoms with van der Waals surface area (Å²) in [5.41, 5.74) is 0.867. The van der Waals surface area contributed by atoms with Gasteiger partial charge in [0, 0.05) is 12.1 Å². The van der Waals surface area contributed by atoms with E-state index in [9.17, 15) is 9.90 Å². The highest BCUT2D eigenvalue weighted by Gasteiger charge is 2.26. The first kappa shape index (κ1) is 15.6. The molecule has 2 atom stereocenters. The number of para-hydroxylation sites is 1. The molecule has 5 nitrogen and oxygen atoms in total. The van der Waals surface area contributed by atoms with Crippen LogP contribution in [0.25, 0.3) is 0 Å². The summed E-state index contributed by atoms with van der Waals surface area (Å²) >= 11 is 0. The minimum absolute atomic E-state index is 0.110. The second-order valence-electron chi connectivity index (χ2n) is 6.45. The van der Waals surface area contributed by atoms with Crippen LogP contribution in [-0.4, -0.2) is 30.4 Å². The van der Waals surface area contributed by atoms with Crippen LogP contribution in [0.2, 0.25) is 0 Å².